The number of carboxylic acid groups (broad SMARTS) is 1. The third-order valence-electron chi connectivity index (χ3n) is 2.24. The van der Waals surface area contributed by atoms with Gasteiger partial charge in [-0.05, 0) is 13.3 Å². The summed E-state index contributed by atoms with van der Waals surface area (Å²) in [6, 6.07) is 0.683. The normalized spacial score (nSPS) is 11.5. The molecule has 7 heteroatoms. The molecule has 7 nitrogen and oxygen atoms in total. The maximum atomic E-state index is 11.4. The van der Waals surface area contributed by atoms with Crippen LogP contribution in [0.4, 0.5) is 5.82 Å². The van der Waals surface area contributed by atoms with Gasteiger partial charge in [-0.1, -0.05) is 6.08 Å². The highest BCUT2D eigenvalue weighted by Gasteiger charge is 2.18. The maximum Gasteiger partial charge on any atom is 0.376 e. The Morgan fingerprint density at radius 1 is 1.58 bits per heavy atom. The summed E-state index contributed by atoms with van der Waals surface area (Å²) in [5, 5.41) is 11.7. The number of carbonyl (C=O) groups excluding carboxylic acids is 1. The molecule has 0 aromatic carbocycles. The lowest BCUT2D eigenvalue weighted by Gasteiger charge is -2.13. The zero-order chi connectivity index (χ0) is 14.4. The lowest BCUT2D eigenvalue weighted by Crippen LogP contribution is -2.29. The molecule has 0 bridgehead atoms. The van der Waals surface area contributed by atoms with Crippen molar-refractivity contribution in [3.05, 3.63) is 30.2 Å². The summed E-state index contributed by atoms with van der Waals surface area (Å²) < 4.78 is 4.52. The third kappa shape index (κ3) is 4.06. The molecule has 0 aliphatic carbocycles. The number of carbonyl (C=O) groups is 2. The predicted octanol–water partition coefficient (Wildman–Crippen LogP) is 1.01. The first kappa shape index (κ1) is 14.6. The Labute approximate surface area is 110 Å². The van der Waals surface area contributed by atoms with E-state index in [0.29, 0.717) is 5.69 Å². The second-order valence-corrected chi connectivity index (χ2v) is 3.77. The van der Waals surface area contributed by atoms with Crippen molar-refractivity contribution in [1.82, 2.24) is 9.97 Å². The van der Waals surface area contributed by atoms with Crippen molar-refractivity contribution < 1.29 is 19.4 Å². The van der Waals surface area contributed by atoms with Crippen LogP contribution in [0.3, 0.4) is 0 Å². The Kier molecular flexibility index (Phi) is 4.99. The van der Waals surface area contributed by atoms with Crippen molar-refractivity contribution in [2.45, 2.75) is 19.4 Å². The highest BCUT2D eigenvalue weighted by Crippen LogP contribution is 2.10. The number of hydrogen-bond donors (Lipinski definition) is 2. The number of aromatic nitrogens is 2. The molecule has 1 aromatic rings. The van der Waals surface area contributed by atoms with E-state index in [1.165, 1.54) is 13.2 Å². The smallest absolute Gasteiger partial charge is 0.376 e. The number of rotatable bonds is 6. The minimum Gasteiger partial charge on any atom is -0.480 e. The highest BCUT2D eigenvalue weighted by molar-refractivity contribution is 5.85. The van der Waals surface area contributed by atoms with Crippen LogP contribution >= 0.6 is 0 Å². The van der Waals surface area contributed by atoms with Crippen molar-refractivity contribution in [3.63, 3.8) is 0 Å². The molecule has 0 spiro atoms. The molecule has 1 atom stereocenters. The van der Waals surface area contributed by atoms with Gasteiger partial charge in [-0.2, -0.15) is 0 Å². The van der Waals surface area contributed by atoms with E-state index < -0.39 is 18.0 Å². The number of nitrogens with zero attached hydrogens (tertiary/aromatic N) is 2. The van der Waals surface area contributed by atoms with Crippen LogP contribution < -0.4 is 5.32 Å². The molecule has 1 unspecified atom stereocenters. The predicted molar refractivity (Wildman–Crippen MR) is 68.0 cm³/mol. The SMILES string of the molecule is C=CCC(Nc1cc(C)nc(C(=O)OC)n1)C(=O)O. The molecule has 0 amide bonds. The van der Waals surface area contributed by atoms with Crippen LogP contribution in [0.1, 0.15) is 22.7 Å². The molecule has 0 aliphatic rings. The van der Waals surface area contributed by atoms with E-state index in [-0.39, 0.29) is 18.1 Å². The fourth-order valence-corrected chi connectivity index (χ4v) is 1.39. The number of ether oxygens (including phenoxy) is 1. The van der Waals surface area contributed by atoms with Crippen LogP contribution in [0.2, 0.25) is 0 Å². The summed E-state index contributed by atoms with van der Waals surface area (Å²) in [4.78, 5) is 30.2. The second kappa shape index (κ2) is 6.48. The van der Waals surface area contributed by atoms with Gasteiger partial charge in [-0.25, -0.2) is 19.6 Å². The van der Waals surface area contributed by atoms with E-state index in [1.54, 1.807) is 13.0 Å². The van der Waals surface area contributed by atoms with Gasteiger partial charge < -0.3 is 15.2 Å². The molecule has 0 fully saturated rings. The first-order valence-corrected chi connectivity index (χ1v) is 5.52. The van der Waals surface area contributed by atoms with Gasteiger partial charge in [0.05, 0.1) is 7.11 Å². The van der Waals surface area contributed by atoms with E-state index in [9.17, 15) is 9.59 Å². The van der Waals surface area contributed by atoms with Gasteiger partial charge in [-0.3, -0.25) is 0 Å². The van der Waals surface area contributed by atoms with Crippen LogP contribution in [0, 0.1) is 6.92 Å². The van der Waals surface area contributed by atoms with Gasteiger partial charge >= 0.3 is 11.9 Å². The second-order valence-electron chi connectivity index (χ2n) is 3.77. The molecule has 0 saturated carbocycles. The number of anilines is 1. The number of esters is 1. The largest absolute Gasteiger partial charge is 0.480 e. The molecule has 102 valence electrons. The topological polar surface area (TPSA) is 101 Å². The van der Waals surface area contributed by atoms with Crippen LogP contribution in [0.5, 0.6) is 0 Å². The van der Waals surface area contributed by atoms with E-state index in [1.807, 2.05) is 0 Å². The number of aliphatic carboxylic acids is 1. The number of methoxy groups -OCH3 is 1. The van der Waals surface area contributed by atoms with Crippen LogP contribution in [0.15, 0.2) is 18.7 Å². The molecule has 19 heavy (non-hydrogen) atoms. The summed E-state index contributed by atoms with van der Waals surface area (Å²) in [6.45, 7) is 5.16. The highest BCUT2D eigenvalue weighted by atomic mass is 16.5. The summed E-state index contributed by atoms with van der Waals surface area (Å²) in [7, 11) is 1.22. The maximum absolute atomic E-state index is 11.4. The quantitative estimate of drug-likeness (QED) is 0.584. The van der Waals surface area contributed by atoms with E-state index in [0.717, 1.165) is 0 Å². The summed E-state index contributed by atoms with van der Waals surface area (Å²) >= 11 is 0. The number of nitrogens with one attached hydrogen (secondary N) is 1. The molecule has 1 rings (SSSR count). The number of aryl methyl sites for hydroxylation is 1. The van der Waals surface area contributed by atoms with E-state index in [2.05, 4.69) is 26.6 Å². The summed E-state index contributed by atoms with van der Waals surface area (Å²) in [5.74, 6) is -1.58. The Morgan fingerprint density at radius 2 is 2.26 bits per heavy atom. The Hall–Kier alpha value is -2.44. The van der Waals surface area contributed by atoms with Crippen molar-refractivity contribution in [1.29, 1.82) is 0 Å². The Balaban J connectivity index is 2.99. The van der Waals surface area contributed by atoms with Gasteiger partial charge in [0.25, 0.3) is 0 Å². The fourth-order valence-electron chi connectivity index (χ4n) is 1.39. The molecular weight excluding hydrogens is 250 g/mol. The van der Waals surface area contributed by atoms with Gasteiger partial charge in [0.1, 0.15) is 11.9 Å². The summed E-state index contributed by atoms with van der Waals surface area (Å²) in [6.07, 6.45) is 1.72. The van der Waals surface area contributed by atoms with Crippen molar-refractivity contribution in [2.24, 2.45) is 0 Å². The minimum absolute atomic E-state index is 0.118. The zero-order valence-electron chi connectivity index (χ0n) is 10.7. The fraction of sp³-hybridized carbons (Fsp3) is 0.333. The molecule has 1 aromatic heterocycles. The third-order valence-corrected chi connectivity index (χ3v) is 2.24. The monoisotopic (exact) mass is 265 g/mol. The van der Waals surface area contributed by atoms with Crippen molar-refractivity contribution in [3.8, 4) is 0 Å². The van der Waals surface area contributed by atoms with Crippen molar-refractivity contribution in [2.75, 3.05) is 12.4 Å². The molecule has 2 N–H and O–H groups in total. The van der Waals surface area contributed by atoms with Crippen LogP contribution in [0.25, 0.3) is 0 Å². The Morgan fingerprint density at radius 3 is 2.79 bits per heavy atom. The average Bonchev–Trinajstić information content (AvgIpc) is 2.36. The molecule has 0 saturated heterocycles. The molecule has 1 heterocycles. The van der Waals surface area contributed by atoms with Crippen LogP contribution in [-0.2, 0) is 9.53 Å². The lowest BCUT2D eigenvalue weighted by atomic mass is 10.2. The van der Waals surface area contributed by atoms with E-state index >= 15 is 0 Å². The molecule has 0 radical (unpaired) electrons. The van der Waals surface area contributed by atoms with Crippen LogP contribution in [-0.4, -0.2) is 40.2 Å². The van der Waals surface area contributed by atoms with Gasteiger partial charge in [0.15, 0.2) is 0 Å². The number of hydrogen-bond acceptors (Lipinski definition) is 6. The number of carboxylic acids is 1. The van der Waals surface area contributed by atoms with Crippen molar-refractivity contribution >= 4 is 17.8 Å². The zero-order valence-corrected chi connectivity index (χ0v) is 10.7. The molecular formula is C12H15N3O4. The lowest BCUT2D eigenvalue weighted by molar-refractivity contribution is -0.137. The average molecular weight is 265 g/mol. The standard InChI is InChI=1S/C12H15N3O4/c1-4-5-8(11(16)17)14-9-6-7(2)13-10(15-9)12(18)19-3/h4,6,8H,1,5H2,2-3H3,(H,16,17)(H,13,14,15). The first-order chi connectivity index (χ1) is 8.97. The first-order valence-electron chi connectivity index (χ1n) is 5.52. The molecule has 0 aliphatic heterocycles. The Bertz CT molecular complexity index is 502. The minimum atomic E-state index is -1.03. The van der Waals surface area contributed by atoms with Gasteiger partial charge in [0.2, 0.25) is 5.82 Å². The van der Waals surface area contributed by atoms with E-state index in [4.69, 9.17) is 5.11 Å². The summed E-state index contributed by atoms with van der Waals surface area (Å²) in [5.41, 5.74) is 0.528. The van der Waals surface area contributed by atoms with Gasteiger partial charge in [-0.15, -0.1) is 6.58 Å². The van der Waals surface area contributed by atoms with Gasteiger partial charge in [0, 0.05) is 11.8 Å².